The lowest BCUT2D eigenvalue weighted by Crippen LogP contribution is -2.44. The number of nitrogens with zero attached hydrogens (tertiary/aromatic N) is 1. The number of benzene rings is 1. The average Bonchev–Trinajstić information content (AvgIpc) is 2.58. The molecule has 0 heterocycles. The van der Waals surface area contributed by atoms with Gasteiger partial charge in [0.1, 0.15) is 0 Å². The third-order valence-electron chi connectivity index (χ3n) is 3.41. The smallest absolute Gasteiger partial charge is 0.191 e. The highest BCUT2D eigenvalue weighted by atomic mass is 16.5. The molecule has 3 atom stereocenters. The van der Waals surface area contributed by atoms with Crippen LogP contribution < -0.4 is 10.6 Å². The van der Waals surface area contributed by atoms with E-state index in [9.17, 15) is 5.11 Å². The highest BCUT2D eigenvalue weighted by molar-refractivity contribution is 5.80. The minimum atomic E-state index is -0.649. The maximum absolute atomic E-state index is 10.1. The highest BCUT2D eigenvalue weighted by Crippen LogP contribution is 2.15. The Labute approximate surface area is 145 Å². The summed E-state index contributed by atoms with van der Waals surface area (Å²) in [4.78, 5) is 4.40. The molecule has 0 fully saturated rings. The largest absolute Gasteiger partial charge is 0.389 e. The second kappa shape index (κ2) is 11.8. The molecule has 6 heteroatoms. The van der Waals surface area contributed by atoms with Gasteiger partial charge in [-0.3, -0.25) is 4.99 Å². The number of methoxy groups -OCH3 is 1. The molecule has 24 heavy (non-hydrogen) atoms. The highest BCUT2D eigenvalue weighted by Gasteiger charge is 2.10. The molecule has 1 aromatic carbocycles. The van der Waals surface area contributed by atoms with Crippen molar-refractivity contribution in [2.75, 3.05) is 33.4 Å². The number of rotatable bonds is 10. The van der Waals surface area contributed by atoms with E-state index >= 15 is 0 Å². The Morgan fingerprint density at radius 2 is 1.92 bits per heavy atom. The number of aliphatic hydroxyl groups is 1. The second-order valence-electron chi connectivity index (χ2n) is 5.76. The van der Waals surface area contributed by atoms with Gasteiger partial charge in [-0.1, -0.05) is 30.3 Å². The van der Waals surface area contributed by atoms with Crippen LogP contribution in [-0.4, -0.2) is 56.6 Å². The summed E-state index contributed by atoms with van der Waals surface area (Å²) < 4.78 is 10.8. The quantitative estimate of drug-likeness (QED) is 0.448. The van der Waals surface area contributed by atoms with Crippen LogP contribution >= 0.6 is 0 Å². The van der Waals surface area contributed by atoms with Crippen molar-refractivity contribution in [3.63, 3.8) is 0 Å². The molecule has 0 aliphatic heterocycles. The van der Waals surface area contributed by atoms with Crippen molar-refractivity contribution >= 4 is 5.96 Å². The summed E-state index contributed by atoms with van der Waals surface area (Å²) in [5.74, 6) is 0.664. The third kappa shape index (κ3) is 8.29. The zero-order valence-electron chi connectivity index (χ0n) is 15.2. The molecular formula is C18H31N3O3. The fourth-order valence-electron chi connectivity index (χ4n) is 2.17. The lowest BCUT2D eigenvalue weighted by Gasteiger charge is -2.18. The van der Waals surface area contributed by atoms with Crippen LogP contribution in [0.25, 0.3) is 0 Å². The first kappa shape index (κ1) is 20.4. The number of guanidine groups is 1. The molecular weight excluding hydrogens is 306 g/mol. The van der Waals surface area contributed by atoms with Crippen LogP contribution in [0.3, 0.4) is 0 Å². The molecule has 1 aromatic rings. The lowest BCUT2D eigenvalue weighted by molar-refractivity contribution is 0.00111. The summed E-state index contributed by atoms with van der Waals surface area (Å²) in [5, 5.41) is 16.5. The van der Waals surface area contributed by atoms with E-state index < -0.39 is 6.10 Å². The molecule has 0 radical (unpaired) electrons. The SMILES string of the molecule is CCNC(=NCC(O)COC(C)c1ccccc1)NC(C)COC. The Balaban J connectivity index is 2.41. The predicted octanol–water partition coefficient (Wildman–Crippen LogP) is 1.72. The molecule has 1 rings (SSSR count). The molecule has 0 amide bonds. The van der Waals surface area contributed by atoms with Gasteiger partial charge in [-0.25, -0.2) is 0 Å². The van der Waals surface area contributed by atoms with Gasteiger partial charge in [0.25, 0.3) is 0 Å². The van der Waals surface area contributed by atoms with Gasteiger partial charge in [0.15, 0.2) is 5.96 Å². The van der Waals surface area contributed by atoms with Crippen LogP contribution in [0, 0.1) is 0 Å². The zero-order valence-corrected chi connectivity index (χ0v) is 15.2. The molecule has 0 aliphatic carbocycles. The van der Waals surface area contributed by atoms with E-state index in [1.165, 1.54) is 0 Å². The van der Waals surface area contributed by atoms with Crippen molar-refractivity contribution in [1.29, 1.82) is 0 Å². The fraction of sp³-hybridized carbons (Fsp3) is 0.611. The maximum Gasteiger partial charge on any atom is 0.191 e. The molecule has 3 N–H and O–H groups in total. The van der Waals surface area contributed by atoms with Gasteiger partial charge < -0.3 is 25.2 Å². The Bertz CT molecular complexity index is 468. The van der Waals surface area contributed by atoms with Crippen molar-refractivity contribution in [2.24, 2.45) is 4.99 Å². The Morgan fingerprint density at radius 1 is 1.21 bits per heavy atom. The Hall–Kier alpha value is -1.63. The topological polar surface area (TPSA) is 75.1 Å². The van der Waals surface area contributed by atoms with E-state index in [-0.39, 0.29) is 25.3 Å². The monoisotopic (exact) mass is 337 g/mol. The van der Waals surface area contributed by atoms with Gasteiger partial charge in [0.05, 0.1) is 32.0 Å². The van der Waals surface area contributed by atoms with Gasteiger partial charge in [0.2, 0.25) is 0 Å². The van der Waals surface area contributed by atoms with Crippen molar-refractivity contribution in [3.05, 3.63) is 35.9 Å². The third-order valence-corrected chi connectivity index (χ3v) is 3.41. The molecule has 0 saturated carbocycles. The summed E-state index contributed by atoms with van der Waals surface area (Å²) in [6, 6.07) is 10.1. The van der Waals surface area contributed by atoms with E-state index in [0.717, 1.165) is 12.1 Å². The van der Waals surface area contributed by atoms with Crippen LogP contribution in [0.1, 0.15) is 32.4 Å². The predicted molar refractivity (Wildman–Crippen MR) is 97.3 cm³/mol. The molecule has 0 aliphatic rings. The normalized spacial score (nSPS) is 15.6. The summed E-state index contributed by atoms with van der Waals surface area (Å²) in [5.41, 5.74) is 1.09. The molecule has 3 unspecified atom stereocenters. The molecule has 6 nitrogen and oxygen atoms in total. The number of aliphatic hydroxyl groups excluding tert-OH is 1. The number of hydrogen-bond acceptors (Lipinski definition) is 4. The van der Waals surface area contributed by atoms with Crippen molar-refractivity contribution < 1.29 is 14.6 Å². The van der Waals surface area contributed by atoms with E-state index in [1.807, 2.05) is 51.1 Å². The Kier molecular flexibility index (Phi) is 10.1. The lowest BCUT2D eigenvalue weighted by atomic mass is 10.1. The number of aliphatic imine (C=N–C) groups is 1. The second-order valence-corrected chi connectivity index (χ2v) is 5.76. The summed E-state index contributed by atoms with van der Waals surface area (Å²) in [7, 11) is 1.66. The van der Waals surface area contributed by atoms with Crippen LogP contribution in [0.5, 0.6) is 0 Å². The zero-order chi connectivity index (χ0) is 17.8. The minimum Gasteiger partial charge on any atom is -0.389 e. The fourth-order valence-corrected chi connectivity index (χ4v) is 2.17. The van der Waals surface area contributed by atoms with Crippen LogP contribution in [-0.2, 0) is 9.47 Å². The van der Waals surface area contributed by atoms with Crippen LogP contribution in [0.15, 0.2) is 35.3 Å². The molecule has 136 valence electrons. The number of hydrogen-bond donors (Lipinski definition) is 3. The van der Waals surface area contributed by atoms with Gasteiger partial charge in [-0.2, -0.15) is 0 Å². The molecule has 0 bridgehead atoms. The minimum absolute atomic E-state index is 0.0575. The summed E-state index contributed by atoms with van der Waals surface area (Å²) >= 11 is 0. The van der Waals surface area contributed by atoms with Crippen molar-refractivity contribution in [3.8, 4) is 0 Å². The first-order valence-corrected chi connectivity index (χ1v) is 8.45. The van der Waals surface area contributed by atoms with Crippen LogP contribution in [0.2, 0.25) is 0 Å². The van der Waals surface area contributed by atoms with E-state index in [2.05, 4.69) is 15.6 Å². The van der Waals surface area contributed by atoms with Crippen molar-refractivity contribution in [1.82, 2.24) is 10.6 Å². The summed E-state index contributed by atoms with van der Waals surface area (Å²) in [6.07, 6.45) is -0.706. The molecule has 0 saturated heterocycles. The standard InChI is InChI=1S/C18H31N3O3/c1-5-19-18(21-14(2)12-23-4)20-11-17(22)13-24-15(3)16-9-7-6-8-10-16/h6-10,14-15,17,22H,5,11-13H2,1-4H3,(H2,19,20,21). The van der Waals surface area contributed by atoms with E-state index in [4.69, 9.17) is 9.47 Å². The molecule has 0 aromatic heterocycles. The molecule has 0 spiro atoms. The number of nitrogens with one attached hydrogen (secondary N) is 2. The van der Waals surface area contributed by atoms with Gasteiger partial charge >= 0.3 is 0 Å². The van der Waals surface area contributed by atoms with E-state index in [1.54, 1.807) is 7.11 Å². The van der Waals surface area contributed by atoms with Gasteiger partial charge in [-0.15, -0.1) is 0 Å². The van der Waals surface area contributed by atoms with Crippen molar-refractivity contribution in [2.45, 2.75) is 39.0 Å². The first-order chi connectivity index (χ1) is 11.6. The first-order valence-electron chi connectivity index (χ1n) is 8.45. The van der Waals surface area contributed by atoms with Gasteiger partial charge in [0, 0.05) is 19.7 Å². The van der Waals surface area contributed by atoms with E-state index in [0.29, 0.717) is 12.6 Å². The maximum atomic E-state index is 10.1. The average molecular weight is 337 g/mol. The van der Waals surface area contributed by atoms with Gasteiger partial charge in [-0.05, 0) is 26.3 Å². The Morgan fingerprint density at radius 3 is 2.54 bits per heavy atom. The summed E-state index contributed by atoms with van der Waals surface area (Å²) in [6.45, 7) is 7.84. The van der Waals surface area contributed by atoms with Crippen LogP contribution in [0.4, 0.5) is 0 Å². The number of ether oxygens (including phenoxy) is 2.